The van der Waals surface area contributed by atoms with Crippen LogP contribution < -0.4 is 10.6 Å². The molecule has 2 N–H and O–H groups in total. The van der Waals surface area contributed by atoms with Gasteiger partial charge in [-0.15, -0.1) is 11.6 Å². The second-order valence-electron chi connectivity index (χ2n) is 9.32. The number of carbonyl (C=O) groups excluding carboxylic acids is 2. The van der Waals surface area contributed by atoms with Crippen molar-refractivity contribution in [2.24, 2.45) is 5.92 Å². The lowest BCUT2D eigenvalue weighted by Gasteiger charge is -2.61. The third kappa shape index (κ3) is 3.66. The number of halogens is 1. The zero-order valence-electron chi connectivity index (χ0n) is 17.1. The van der Waals surface area contributed by atoms with Gasteiger partial charge in [0.15, 0.2) is 0 Å². The highest BCUT2D eigenvalue weighted by molar-refractivity contribution is 6.20. The van der Waals surface area contributed by atoms with Crippen molar-refractivity contribution in [3.05, 3.63) is 0 Å². The number of rotatable bonds is 4. The van der Waals surface area contributed by atoms with Gasteiger partial charge in [0.2, 0.25) is 5.91 Å². The Morgan fingerprint density at radius 1 is 1.11 bits per heavy atom. The maximum absolute atomic E-state index is 13.5. The number of hydrogen-bond donors (Lipinski definition) is 2. The van der Waals surface area contributed by atoms with Gasteiger partial charge in [-0.3, -0.25) is 14.5 Å². The smallest absolute Gasteiger partial charge is 0.251 e. The van der Waals surface area contributed by atoms with Crippen LogP contribution in [-0.4, -0.2) is 95.5 Å². The second kappa shape index (κ2) is 8.09. The van der Waals surface area contributed by atoms with Gasteiger partial charge in [-0.05, 0) is 45.4 Å². The normalized spacial score (nSPS) is 32.3. The molecule has 1 saturated carbocycles. The van der Waals surface area contributed by atoms with E-state index in [1.165, 1.54) is 0 Å². The van der Waals surface area contributed by atoms with E-state index in [-0.39, 0.29) is 29.8 Å². The molecular weight excluding hydrogens is 378 g/mol. The molecule has 3 heterocycles. The van der Waals surface area contributed by atoms with E-state index in [1.54, 1.807) is 4.90 Å². The van der Waals surface area contributed by atoms with Crippen LogP contribution in [0.25, 0.3) is 0 Å². The molecule has 7 nitrogen and oxygen atoms in total. The Morgan fingerprint density at radius 2 is 1.75 bits per heavy atom. The molecule has 4 rings (SSSR count). The number of alkyl halides is 1. The van der Waals surface area contributed by atoms with Gasteiger partial charge in [-0.25, -0.2) is 0 Å². The van der Waals surface area contributed by atoms with E-state index in [4.69, 9.17) is 11.6 Å². The molecule has 0 aromatic rings. The van der Waals surface area contributed by atoms with Crippen molar-refractivity contribution in [3.63, 3.8) is 0 Å². The lowest BCUT2D eigenvalue weighted by Crippen LogP contribution is -2.83. The van der Waals surface area contributed by atoms with Gasteiger partial charge in [0.05, 0.1) is 0 Å². The quantitative estimate of drug-likeness (QED) is 0.657. The molecule has 0 aromatic carbocycles. The zero-order valence-corrected chi connectivity index (χ0v) is 17.9. The molecule has 2 amide bonds. The fourth-order valence-corrected chi connectivity index (χ4v) is 5.52. The van der Waals surface area contributed by atoms with E-state index in [1.807, 2.05) is 18.7 Å². The van der Waals surface area contributed by atoms with Gasteiger partial charge in [-0.1, -0.05) is 0 Å². The molecule has 0 radical (unpaired) electrons. The van der Waals surface area contributed by atoms with Crippen LogP contribution in [0.2, 0.25) is 0 Å². The average molecular weight is 412 g/mol. The summed E-state index contributed by atoms with van der Waals surface area (Å²) in [6.45, 7) is 8.93. The highest BCUT2D eigenvalue weighted by atomic mass is 35.5. The Morgan fingerprint density at radius 3 is 2.36 bits per heavy atom. The van der Waals surface area contributed by atoms with Crippen molar-refractivity contribution in [2.75, 3.05) is 45.9 Å². The van der Waals surface area contributed by atoms with Crippen molar-refractivity contribution < 1.29 is 9.59 Å². The van der Waals surface area contributed by atoms with E-state index in [9.17, 15) is 9.59 Å². The van der Waals surface area contributed by atoms with Crippen LogP contribution >= 0.6 is 11.6 Å². The molecule has 28 heavy (non-hydrogen) atoms. The summed E-state index contributed by atoms with van der Waals surface area (Å²) in [7, 11) is 0. The van der Waals surface area contributed by atoms with Gasteiger partial charge in [0.1, 0.15) is 12.1 Å². The van der Waals surface area contributed by atoms with Crippen LogP contribution in [0.4, 0.5) is 0 Å². The first kappa shape index (κ1) is 20.4. The minimum Gasteiger partial charge on any atom is -0.329 e. The Hall–Kier alpha value is -0.890. The maximum Gasteiger partial charge on any atom is 0.251 e. The van der Waals surface area contributed by atoms with E-state index in [0.717, 1.165) is 45.4 Å². The molecule has 4 aliphatic rings. The predicted octanol–water partition coefficient (Wildman–Crippen LogP) is 0.437. The lowest BCUT2D eigenvalue weighted by molar-refractivity contribution is -0.184. The summed E-state index contributed by atoms with van der Waals surface area (Å²) in [6.07, 6.45) is 4.13. The first-order valence-electron chi connectivity index (χ1n) is 10.8. The molecule has 1 aliphatic carbocycles. The number of likely N-dealkylation sites (tertiary alicyclic amines) is 1. The number of nitrogens with one attached hydrogen (secondary N) is 2. The van der Waals surface area contributed by atoms with Crippen molar-refractivity contribution >= 4 is 23.4 Å². The monoisotopic (exact) mass is 411 g/mol. The van der Waals surface area contributed by atoms with Gasteiger partial charge < -0.3 is 20.4 Å². The molecule has 0 unspecified atom stereocenters. The third-order valence-corrected chi connectivity index (χ3v) is 7.51. The van der Waals surface area contributed by atoms with Gasteiger partial charge in [0.25, 0.3) is 5.91 Å². The SMILES string of the molecule is CC(C)N1CC(=O)N(CC2CCC(Cl)CC2)C2(CN(C3CNCNC3)C2)C1=O. The van der Waals surface area contributed by atoms with E-state index in [2.05, 4.69) is 15.5 Å². The number of amides is 2. The number of piperazine rings is 1. The first-order chi connectivity index (χ1) is 13.4. The average Bonchev–Trinajstić information content (AvgIpc) is 2.65. The van der Waals surface area contributed by atoms with Gasteiger partial charge >= 0.3 is 0 Å². The summed E-state index contributed by atoms with van der Waals surface area (Å²) in [6, 6.07) is 0.430. The fourth-order valence-electron chi connectivity index (χ4n) is 5.27. The van der Waals surface area contributed by atoms with Crippen LogP contribution in [0.15, 0.2) is 0 Å². The summed E-state index contributed by atoms with van der Waals surface area (Å²) in [5.74, 6) is 0.711. The molecule has 0 atom stereocenters. The largest absolute Gasteiger partial charge is 0.329 e. The molecule has 0 aromatic heterocycles. The molecular formula is C20H34ClN5O2. The summed E-state index contributed by atoms with van der Waals surface area (Å²) >= 11 is 6.27. The van der Waals surface area contributed by atoms with Gasteiger partial charge in [-0.2, -0.15) is 0 Å². The molecule has 8 heteroatoms. The van der Waals surface area contributed by atoms with E-state index in [0.29, 0.717) is 31.6 Å². The molecule has 3 aliphatic heterocycles. The number of hydrogen-bond acceptors (Lipinski definition) is 5. The minimum absolute atomic E-state index is 0.0502. The first-order valence-corrected chi connectivity index (χ1v) is 11.3. The summed E-state index contributed by atoms with van der Waals surface area (Å²) < 4.78 is 0. The Bertz CT molecular complexity index is 595. The highest BCUT2D eigenvalue weighted by Crippen LogP contribution is 2.38. The van der Waals surface area contributed by atoms with E-state index >= 15 is 0 Å². The molecule has 3 saturated heterocycles. The van der Waals surface area contributed by atoms with Crippen LogP contribution in [0.3, 0.4) is 0 Å². The fraction of sp³-hybridized carbons (Fsp3) is 0.900. The number of nitrogens with zero attached hydrogens (tertiary/aromatic N) is 3. The van der Waals surface area contributed by atoms with Crippen LogP contribution in [-0.2, 0) is 9.59 Å². The van der Waals surface area contributed by atoms with Crippen molar-refractivity contribution in [3.8, 4) is 0 Å². The predicted molar refractivity (Wildman–Crippen MR) is 109 cm³/mol. The van der Waals surface area contributed by atoms with Crippen molar-refractivity contribution in [1.29, 1.82) is 0 Å². The van der Waals surface area contributed by atoms with Gasteiger partial charge in [0, 0.05) is 56.9 Å². The zero-order chi connectivity index (χ0) is 19.9. The van der Waals surface area contributed by atoms with Crippen LogP contribution in [0, 0.1) is 5.92 Å². The maximum atomic E-state index is 13.5. The molecule has 0 bridgehead atoms. The van der Waals surface area contributed by atoms with Crippen molar-refractivity contribution in [2.45, 2.75) is 62.5 Å². The van der Waals surface area contributed by atoms with Crippen molar-refractivity contribution in [1.82, 2.24) is 25.3 Å². The third-order valence-electron chi connectivity index (χ3n) is 7.08. The lowest BCUT2D eigenvalue weighted by atomic mass is 9.80. The van der Waals surface area contributed by atoms with E-state index < -0.39 is 5.54 Å². The Labute approximate surface area is 173 Å². The second-order valence-corrected chi connectivity index (χ2v) is 9.94. The molecule has 1 spiro atoms. The molecule has 158 valence electrons. The highest BCUT2D eigenvalue weighted by Gasteiger charge is 2.60. The van der Waals surface area contributed by atoms with Crippen LogP contribution in [0.5, 0.6) is 0 Å². The number of carbonyl (C=O) groups is 2. The van der Waals surface area contributed by atoms with Crippen LogP contribution in [0.1, 0.15) is 39.5 Å². The molecule has 4 fully saturated rings. The topological polar surface area (TPSA) is 67.9 Å². The standard InChI is InChI=1S/C20H34ClN5O2/c1-14(2)25-10-18(27)26(9-15-3-5-16(21)6-4-15)20(19(25)28)11-24(12-20)17-7-22-13-23-8-17/h14-17,22-23H,3-13H2,1-2H3. The Balaban J connectivity index is 1.51. The Kier molecular flexibility index (Phi) is 5.89. The minimum atomic E-state index is -0.672. The summed E-state index contributed by atoms with van der Waals surface area (Å²) in [5.41, 5.74) is -0.672. The summed E-state index contributed by atoms with van der Waals surface area (Å²) in [5, 5.41) is 6.99. The summed E-state index contributed by atoms with van der Waals surface area (Å²) in [4.78, 5) is 32.7.